The van der Waals surface area contributed by atoms with E-state index in [1.807, 2.05) is 0 Å². The number of rotatable bonds is 1. The molecule has 0 aromatic carbocycles. The lowest BCUT2D eigenvalue weighted by atomic mass is 10.3. The largest absolute Gasteiger partial charge is 0.326 e. The number of nitrogens with one attached hydrogen (secondary N) is 1. The molecule has 3 N–H and O–H groups in total. The maximum atomic E-state index is 11.3. The van der Waals surface area contributed by atoms with E-state index >= 15 is 0 Å². The Hall–Kier alpha value is -1.43. The van der Waals surface area contributed by atoms with Gasteiger partial charge in [-0.3, -0.25) is 14.8 Å². The van der Waals surface area contributed by atoms with Gasteiger partial charge in [-0.25, -0.2) is 0 Å². The average Bonchev–Trinajstić information content (AvgIpc) is 2.58. The second kappa shape index (κ2) is 2.81. The molecule has 1 atom stereocenters. The first kappa shape index (κ1) is 8.18. The molecule has 6 nitrogen and oxygen atoms in total. The van der Waals surface area contributed by atoms with Crippen LogP contribution in [0.15, 0.2) is 0 Å². The van der Waals surface area contributed by atoms with Gasteiger partial charge < -0.3 is 5.73 Å². The summed E-state index contributed by atoms with van der Waals surface area (Å²) in [6, 6.07) is -0.0914. The maximum absolute atomic E-state index is 11.3. The van der Waals surface area contributed by atoms with Gasteiger partial charge >= 0.3 is 0 Å². The monoisotopic (exact) mass is 181 g/mol. The Morgan fingerprint density at radius 1 is 1.69 bits per heavy atom. The van der Waals surface area contributed by atoms with E-state index in [0.717, 1.165) is 0 Å². The van der Waals surface area contributed by atoms with Crippen LogP contribution in [0.1, 0.15) is 12.2 Å². The van der Waals surface area contributed by atoms with Crippen molar-refractivity contribution in [2.75, 3.05) is 11.4 Å². The van der Waals surface area contributed by atoms with Crippen LogP contribution in [0.5, 0.6) is 0 Å². The number of anilines is 1. The molecule has 0 bridgehead atoms. The molecule has 6 heteroatoms. The predicted octanol–water partition coefficient (Wildman–Crippen LogP) is -0.823. The quantitative estimate of drug-likeness (QED) is 0.592. The number of hydrogen-bond acceptors (Lipinski definition) is 4. The smallest absolute Gasteiger partial charge is 0.251 e. The fourth-order valence-electron chi connectivity index (χ4n) is 1.38. The molecule has 2 heterocycles. The van der Waals surface area contributed by atoms with Crippen LogP contribution < -0.4 is 10.6 Å². The SMILES string of the molecule is Cc1nc(N2CC(N)CC2=O)n[nH]1. The van der Waals surface area contributed by atoms with E-state index in [2.05, 4.69) is 15.2 Å². The molecular weight excluding hydrogens is 170 g/mol. The minimum Gasteiger partial charge on any atom is -0.326 e. The molecule has 1 aromatic rings. The highest BCUT2D eigenvalue weighted by Crippen LogP contribution is 2.15. The highest BCUT2D eigenvalue weighted by molar-refractivity contribution is 5.94. The van der Waals surface area contributed by atoms with Crippen molar-refractivity contribution in [1.82, 2.24) is 15.2 Å². The van der Waals surface area contributed by atoms with Crippen LogP contribution in [0, 0.1) is 6.92 Å². The molecule has 1 saturated heterocycles. The number of aromatic amines is 1. The summed E-state index contributed by atoms with van der Waals surface area (Å²) >= 11 is 0. The Morgan fingerprint density at radius 2 is 2.46 bits per heavy atom. The number of amides is 1. The lowest BCUT2D eigenvalue weighted by molar-refractivity contribution is -0.117. The van der Waals surface area contributed by atoms with Crippen molar-refractivity contribution in [2.45, 2.75) is 19.4 Å². The molecule has 0 aliphatic carbocycles. The van der Waals surface area contributed by atoms with E-state index < -0.39 is 0 Å². The van der Waals surface area contributed by atoms with Gasteiger partial charge in [-0.1, -0.05) is 0 Å². The fourth-order valence-corrected chi connectivity index (χ4v) is 1.38. The summed E-state index contributed by atoms with van der Waals surface area (Å²) in [7, 11) is 0. The average molecular weight is 181 g/mol. The number of carbonyl (C=O) groups is 1. The molecule has 1 unspecified atom stereocenters. The van der Waals surface area contributed by atoms with Crippen molar-refractivity contribution in [3.63, 3.8) is 0 Å². The van der Waals surface area contributed by atoms with Crippen LogP contribution >= 0.6 is 0 Å². The molecule has 1 aliphatic rings. The van der Waals surface area contributed by atoms with E-state index in [-0.39, 0.29) is 11.9 Å². The summed E-state index contributed by atoms with van der Waals surface area (Å²) in [5, 5.41) is 6.58. The number of nitrogens with zero attached hydrogens (tertiary/aromatic N) is 3. The summed E-state index contributed by atoms with van der Waals surface area (Å²) in [6.07, 6.45) is 0.383. The Morgan fingerprint density at radius 3 is 2.92 bits per heavy atom. The third-order valence-corrected chi connectivity index (χ3v) is 1.98. The van der Waals surface area contributed by atoms with Crippen molar-refractivity contribution >= 4 is 11.9 Å². The van der Waals surface area contributed by atoms with Crippen molar-refractivity contribution in [3.05, 3.63) is 5.82 Å². The second-order valence-corrected chi connectivity index (χ2v) is 3.19. The van der Waals surface area contributed by atoms with E-state index in [1.165, 1.54) is 4.90 Å². The Balaban J connectivity index is 2.22. The number of H-pyrrole nitrogens is 1. The van der Waals surface area contributed by atoms with E-state index in [9.17, 15) is 4.79 Å². The van der Waals surface area contributed by atoms with Gasteiger partial charge in [-0.05, 0) is 6.92 Å². The highest BCUT2D eigenvalue weighted by Gasteiger charge is 2.30. The van der Waals surface area contributed by atoms with Crippen LogP contribution in [0.2, 0.25) is 0 Å². The summed E-state index contributed by atoms with van der Waals surface area (Å²) in [5.74, 6) is 1.12. The first-order chi connectivity index (χ1) is 6.16. The Kier molecular flexibility index (Phi) is 1.77. The van der Waals surface area contributed by atoms with Gasteiger partial charge in [0.1, 0.15) is 5.82 Å². The van der Waals surface area contributed by atoms with Crippen LogP contribution in [0.4, 0.5) is 5.95 Å². The number of aryl methyl sites for hydroxylation is 1. The molecule has 0 saturated carbocycles. The number of nitrogens with two attached hydrogens (primary N) is 1. The van der Waals surface area contributed by atoms with E-state index in [0.29, 0.717) is 24.7 Å². The van der Waals surface area contributed by atoms with Gasteiger partial charge in [-0.2, -0.15) is 4.98 Å². The van der Waals surface area contributed by atoms with Gasteiger partial charge in [0.25, 0.3) is 5.95 Å². The molecule has 1 amide bonds. The van der Waals surface area contributed by atoms with Crippen molar-refractivity contribution in [3.8, 4) is 0 Å². The number of aromatic nitrogens is 3. The minimum atomic E-state index is -0.0914. The molecule has 1 fully saturated rings. The topological polar surface area (TPSA) is 87.9 Å². The zero-order chi connectivity index (χ0) is 9.42. The van der Waals surface area contributed by atoms with Crippen LogP contribution in [0.25, 0.3) is 0 Å². The van der Waals surface area contributed by atoms with Gasteiger partial charge in [0.15, 0.2) is 0 Å². The summed E-state index contributed by atoms with van der Waals surface area (Å²) in [6.45, 7) is 2.30. The molecule has 1 aromatic heterocycles. The normalized spacial score (nSPS) is 22.8. The summed E-state index contributed by atoms with van der Waals surface area (Å²) < 4.78 is 0. The van der Waals surface area contributed by atoms with Gasteiger partial charge in [0.05, 0.1) is 0 Å². The van der Waals surface area contributed by atoms with Crippen molar-refractivity contribution in [1.29, 1.82) is 0 Å². The number of carbonyl (C=O) groups excluding carboxylic acids is 1. The maximum Gasteiger partial charge on any atom is 0.251 e. The third kappa shape index (κ3) is 1.40. The lowest BCUT2D eigenvalue weighted by Crippen LogP contribution is -2.28. The van der Waals surface area contributed by atoms with Gasteiger partial charge in [0.2, 0.25) is 5.91 Å². The molecule has 13 heavy (non-hydrogen) atoms. The third-order valence-electron chi connectivity index (χ3n) is 1.98. The summed E-state index contributed by atoms with van der Waals surface area (Å²) in [5.41, 5.74) is 5.63. The van der Waals surface area contributed by atoms with E-state index in [4.69, 9.17) is 5.73 Å². The molecule has 0 spiro atoms. The number of hydrogen-bond donors (Lipinski definition) is 2. The zero-order valence-electron chi connectivity index (χ0n) is 7.32. The first-order valence-electron chi connectivity index (χ1n) is 4.12. The summed E-state index contributed by atoms with van der Waals surface area (Å²) in [4.78, 5) is 16.9. The zero-order valence-corrected chi connectivity index (χ0v) is 7.32. The molecule has 2 rings (SSSR count). The first-order valence-corrected chi connectivity index (χ1v) is 4.12. The molecule has 70 valence electrons. The Bertz CT molecular complexity index is 333. The van der Waals surface area contributed by atoms with E-state index in [1.54, 1.807) is 6.92 Å². The van der Waals surface area contributed by atoms with Gasteiger partial charge in [-0.15, -0.1) is 5.10 Å². The lowest BCUT2D eigenvalue weighted by Gasteiger charge is -2.09. The van der Waals surface area contributed by atoms with Gasteiger partial charge in [0, 0.05) is 19.0 Å². The molecule has 1 aliphatic heterocycles. The predicted molar refractivity (Wildman–Crippen MR) is 46.1 cm³/mol. The highest BCUT2D eigenvalue weighted by atomic mass is 16.2. The minimum absolute atomic E-state index is 0.00787. The van der Waals surface area contributed by atoms with Crippen LogP contribution in [0.3, 0.4) is 0 Å². The fraction of sp³-hybridized carbons (Fsp3) is 0.571. The van der Waals surface area contributed by atoms with Crippen LogP contribution in [-0.4, -0.2) is 33.7 Å². The molecular formula is C7H11N5O. The Labute approximate surface area is 75.1 Å². The van der Waals surface area contributed by atoms with Crippen molar-refractivity contribution < 1.29 is 4.79 Å². The molecule has 0 radical (unpaired) electrons. The second-order valence-electron chi connectivity index (χ2n) is 3.19. The van der Waals surface area contributed by atoms with Crippen molar-refractivity contribution in [2.24, 2.45) is 5.73 Å². The van der Waals surface area contributed by atoms with Crippen LogP contribution in [-0.2, 0) is 4.79 Å². The standard InChI is InChI=1S/C7H11N5O/c1-4-9-7(11-10-4)12-3-5(8)2-6(12)13/h5H,2-3,8H2,1H3,(H,9,10,11).